The number of thioether (sulfide) groups is 1. The van der Waals surface area contributed by atoms with E-state index in [0.717, 1.165) is 18.4 Å². The maximum Gasteiger partial charge on any atom is 0.313 e. The molecule has 1 aromatic rings. The molecule has 2 heterocycles. The zero-order valence-electron chi connectivity index (χ0n) is 12.4. The van der Waals surface area contributed by atoms with Crippen molar-refractivity contribution in [2.45, 2.75) is 49.7 Å². The van der Waals surface area contributed by atoms with Crippen molar-refractivity contribution in [1.82, 2.24) is 14.8 Å². The van der Waals surface area contributed by atoms with Gasteiger partial charge < -0.3 is 10.0 Å². The summed E-state index contributed by atoms with van der Waals surface area (Å²) in [6.45, 7) is 1.04. The van der Waals surface area contributed by atoms with Crippen molar-refractivity contribution in [3.05, 3.63) is 0 Å². The minimum atomic E-state index is -0.824. The van der Waals surface area contributed by atoms with E-state index in [9.17, 15) is 4.79 Å². The number of fused-ring (bicyclic) bond motifs is 1. The van der Waals surface area contributed by atoms with Crippen LogP contribution in [0.15, 0.2) is 5.16 Å². The Morgan fingerprint density at radius 1 is 1.29 bits per heavy atom. The van der Waals surface area contributed by atoms with E-state index in [-0.39, 0.29) is 5.75 Å². The lowest BCUT2D eigenvalue weighted by Gasteiger charge is -2.44. The molecule has 1 N–H and O–H groups in total. The summed E-state index contributed by atoms with van der Waals surface area (Å²) in [7, 11) is 1.94. The van der Waals surface area contributed by atoms with Gasteiger partial charge in [0.1, 0.15) is 0 Å². The molecule has 0 radical (unpaired) electrons. The van der Waals surface area contributed by atoms with Crippen LogP contribution in [0.1, 0.15) is 38.5 Å². The quantitative estimate of drug-likeness (QED) is 0.859. The second-order valence-corrected chi connectivity index (χ2v) is 6.91. The smallest absolute Gasteiger partial charge is 0.313 e. The predicted octanol–water partition coefficient (Wildman–Crippen LogP) is 2.15. The Morgan fingerprint density at radius 2 is 2.05 bits per heavy atom. The summed E-state index contributed by atoms with van der Waals surface area (Å²) < 4.78 is 1.95. The number of carboxylic acids is 1. The first-order chi connectivity index (χ1) is 10.2. The number of carbonyl (C=O) groups is 1. The number of aliphatic carboxylic acids is 1. The molecule has 0 amide bonds. The molecule has 1 aliphatic heterocycles. The lowest BCUT2D eigenvalue weighted by Crippen LogP contribution is -2.47. The molecular weight excluding hydrogens is 288 g/mol. The highest BCUT2D eigenvalue weighted by Crippen LogP contribution is 2.37. The first-order valence-electron chi connectivity index (χ1n) is 7.67. The van der Waals surface area contributed by atoms with Gasteiger partial charge in [-0.25, -0.2) is 0 Å². The van der Waals surface area contributed by atoms with E-state index >= 15 is 0 Å². The molecule has 21 heavy (non-hydrogen) atoms. The van der Waals surface area contributed by atoms with Crippen molar-refractivity contribution in [3.8, 4) is 0 Å². The van der Waals surface area contributed by atoms with Crippen LogP contribution in [0.3, 0.4) is 0 Å². The summed E-state index contributed by atoms with van der Waals surface area (Å²) in [6.07, 6.45) is 7.78. The molecule has 0 unspecified atom stereocenters. The standard InChI is InChI=1S/C14H22N4O2S/c1-17-13(15-16-14(17)21-9-12(19)20)18-8-4-6-10-5-2-3-7-11(10)18/h10-11H,2-9H2,1H3,(H,19,20)/t10-,11-/m1/s1. The van der Waals surface area contributed by atoms with Crippen LogP contribution in [-0.2, 0) is 11.8 Å². The molecular formula is C14H22N4O2S. The maximum atomic E-state index is 10.7. The lowest BCUT2D eigenvalue weighted by molar-refractivity contribution is -0.133. The van der Waals surface area contributed by atoms with Crippen molar-refractivity contribution in [3.63, 3.8) is 0 Å². The number of carboxylic acid groups (broad SMARTS) is 1. The molecule has 2 atom stereocenters. The minimum absolute atomic E-state index is 0.0258. The van der Waals surface area contributed by atoms with Crippen LogP contribution in [0.2, 0.25) is 0 Å². The van der Waals surface area contributed by atoms with Gasteiger partial charge in [-0.15, -0.1) is 10.2 Å². The van der Waals surface area contributed by atoms with Gasteiger partial charge in [-0.2, -0.15) is 0 Å². The van der Waals surface area contributed by atoms with E-state index in [1.165, 1.54) is 50.3 Å². The molecule has 116 valence electrons. The monoisotopic (exact) mass is 310 g/mol. The summed E-state index contributed by atoms with van der Waals surface area (Å²) in [5.41, 5.74) is 0. The number of anilines is 1. The minimum Gasteiger partial charge on any atom is -0.481 e. The zero-order chi connectivity index (χ0) is 14.8. The number of aromatic nitrogens is 3. The van der Waals surface area contributed by atoms with Gasteiger partial charge in [0.25, 0.3) is 0 Å². The molecule has 2 fully saturated rings. The second kappa shape index (κ2) is 6.25. The highest BCUT2D eigenvalue weighted by atomic mass is 32.2. The van der Waals surface area contributed by atoms with Gasteiger partial charge in [-0.1, -0.05) is 24.6 Å². The van der Waals surface area contributed by atoms with E-state index in [4.69, 9.17) is 5.11 Å². The average Bonchev–Trinajstić information content (AvgIpc) is 2.85. The topological polar surface area (TPSA) is 71.2 Å². The molecule has 1 saturated heterocycles. The van der Waals surface area contributed by atoms with E-state index in [2.05, 4.69) is 15.1 Å². The van der Waals surface area contributed by atoms with Gasteiger partial charge in [0.2, 0.25) is 5.95 Å². The lowest BCUT2D eigenvalue weighted by atomic mass is 9.78. The number of nitrogens with zero attached hydrogens (tertiary/aromatic N) is 4. The second-order valence-electron chi connectivity index (χ2n) is 5.97. The molecule has 7 heteroatoms. The van der Waals surface area contributed by atoms with Crippen molar-refractivity contribution in [2.75, 3.05) is 17.2 Å². The fraction of sp³-hybridized carbons (Fsp3) is 0.786. The maximum absolute atomic E-state index is 10.7. The fourth-order valence-corrected chi connectivity index (χ4v) is 4.31. The third kappa shape index (κ3) is 3.02. The summed E-state index contributed by atoms with van der Waals surface area (Å²) in [4.78, 5) is 13.1. The highest BCUT2D eigenvalue weighted by molar-refractivity contribution is 7.99. The molecule has 0 spiro atoms. The number of rotatable bonds is 4. The first kappa shape index (κ1) is 14.7. The van der Waals surface area contributed by atoms with E-state index in [1.807, 2.05) is 11.6 Å². The molecule has 0 aromatic carbocycles. The predicted molar refractivity (Wildman–Crippen MR) is 81.7 cm³/mol. The van der Waals surface area contributed by atoms with Gasteiger partial charge in [-0.05, 0) is 31.6 Å². The van der Waals surface area contributed by atoms with Crippen LogP contribution < -0.4 is 4.90 Å². The SMILES string of the molecule is Cn1c(SCC(=O)O)nnc1N1CCC[C@H]2CCCC[C@H]21. The molecule has 3 rings (SSSR count). The van der Waals surface area contributed by atoms with Crippen LogP contribution in [0.5, 0.6) is 0 Å². The number of hydrogen-bond acceptors (Lipinski definition) is 5. The van der Waals surface area contributed by atoms with Crippen molar-refractivity contribution >= 4 is 23.7 Å². The van der Waals surface area contributed by atoms with Crippen LogP contribution in [0, 0.1) is 5.92 Å². The van der Waals surface area contributed by atoms with E-state index in [0.29, 0.717) is 11.2 Å². The Bertz CT molecular complexity index is 517. The van der Waals surface area contributed by atoms with Crippen LogP contribution in [-0.4, -0.2) is 44.2 Å². The van der Waals surface area contributed by atoms with Crippen molar-refractivity contribution < 1.29 is 9.90 Å². The van der Waals surface area contributed by atoms with Gasteiger partial charge >= 0.3 is 5.97 Å². The van der Waals surface area contributed by atoms with E-state index < -0.39 is 5.97 Å². The number of hydrogen-bond donors (Lipinski definition) is 1. The Balaban J connectivity index is 1.77. The Hall–Kier alpha value is -1.24. The summed E-state index contributed by atoms with van der Waals surface area (Å²) in [5, 5.41) is 18.0. The first-order valence-corrected chi connectivity index (χ1v) is 8.66. The Kier molecular flexibility index (Phi) is 4.37. The van der Waals surface area contributed by atoms with Crippen LogP contribution in [0.25, 0.3) is 0 Å². The van der Waals surface area contributed by atoms with Gasteiger partial charge in [0.05, 0.1) is 5.75 Å². The molecule has 2 aliphatic rings. The van der Waals surface area contributed by atoms with Crippen molar-refractivity contribution in [2.24, 2.45) is 13.0 Å². The highest BCUT2D eigenvalue weighted by Gasteiger charge is 2.35. The normalized spacial score (nSPS) is 25.7. The van der Waals surface area contributed by atoms with E-state index in [1.54, 1.807) is 0 Å². The largest absolute Gasteiger partial charge is 0.481 e. The average molecular weight is 310 g/mol. The van der Waals surface area contributed by atoms with Gasteiger partial charge in [0.15, 0.2) is 5.16 Å². The number of piperidine rings is 1. The Labute approximate surface area is 128 Å². The summed E-state index contributed by atoms with van der Waals surface area (Å²) >= 11 is 1.23. The third-order valence-corrected chi connectivity index (χ3v) is 5.64. The summed E-state index contributed by atoms with van der Waals surface area (Å²) in [5.74, 6) is 0.895. The van der Waals surface area contributed by atoms with Crippen LogP contribution in [0.4, 0.5) is 5.95 Å². The fourth-order valence-electron chi connectivity index (χ4n) is 3.68. The molecule has 6 nitrogen and oxygen atoms in total. The zero-order valence-corrected chi connectivity index (χ0v) is 13.2. The summed E-state index contributed by atoms with van der Waals surface area (Å²) in [6, 6.07) is 0.590. The molecule has 1 aliphatic carbocycles. The van der Waals surface area contributed by atoms with Gasteiger partial charge in [-0.3, -0.25) is 9.36 Å². The van der Waals surface area contributed by atoms with Gasteiger partial charge in [0, 0.05) is 19.6 Å². The molecule has 1 saturated carbocycles. The van der Waals surface area contributed by atoms with Crippen LogP contribution >= 0.6 is 11.8 Å². The molecule has 0 bridgehead atoms. The Morgan fingerprint density at radius 3 is 2.86 bits per heavy atom. The third-order valence-electron chi connectivity index (χ3n) is 4.64. The molecule has 1 aromatic heterocycles. The van der Waals surface area contributed by atoms with Crippen molar-refractivity contribution in [1.29, 1.82) is 0 Å².